The van der Waals surface area contributed by atoms with Gasteiger partial charge in [-0.25, -0.2) is 9.97 Å². The highest BCUT2D eigenvalue weighted by molar-refractivity contribution is 5.07. The zero-order chi connectivity index (χ0) is 14.9. The average Bonchev–Trinajstić information content (AvgIpc) is 2.54. The Morgan fingerprint density at radius 1 is 1.05 bits per heavy atom. The van der Waals surface area contributed by atoms with E-state index in [1.54, 1.807) is 0 Å². The van der Waals surface area contributed by atoms with Crippen molar-refractivity contribution in [2.24, 2.45) is 5.92 Å². The molecule has 0 unspecified atom stereocenters. The Kier molecular flexibility index (Phi) is 7.14. The molecular weight excluding hydrogens is 260 g/mol. The van der Waals surface area contributed by atoms with Crippen LogP contribution in [0.4, 0.5) is 0 Å². The number of hydrogen-bond acceptors (Lipinski definition) is 3. The predicted molar refractivity (Wildman–Crippen MR) is 86.2 cm³/mol. The van der Waals surface area contributed by atoms with Crippen LogP contribution in [0.1, 0.15) is 82.5 Å². The summed E-state index contributed by atoms with van der Waals surface area (Å²) in [5.74, 6) is 2.57. The van der Waals surface area contributed by atoms with Gasteiger partial charge in [0.1, 0.15) is 5.82 Å². The molecule has 0 radical (unpaired) electrons. The Morgan fingerprint density at radius 2 is 1.76 bits per heavy atom. The van der Waals surface area contributed by atoms with Gasteiger partial charge in [-0.3, -0.25) is 0 Å². The van der Waals surface area contributed by atoms with Crippen LogP contribution >= 0.6 is 0 Å². The molecule has 1 aliphatic rings. The molecule has 1 aromatic heterocycles. The fourth-order valence-corrected chi connectivity index (χ4v) is 3.26. The van der Waals surface area contributed by atoms with E-state index in [4.69, 9.17) is 4.74 Å². The highest BCUT2D eigenvalue weighted by atomic mass is 16.5. The normalized spacial score (nSPS) is 22.4. The average molecular weight is 290 g/mol. The Balaban J connectivity index is 1.76. The third-order valence-electron chi connectivity index (χ3n) is 4.63. The third kappa shape index (κ3) is 5.39. The Morgan fingerprint density at radius 3 is 2.38 bits per heavy atom. The van der Waals surface area contributed by atoms with Crippen molar-refractivity contribution in [3.05, 3.63) is 23.8 Å². The molecule has 1 heterocycles. The van der Waals surface area contributed by atoms with E-state index in [2.05, 4.69) is 16.9 Å². The molecule has 1 fully saturated rings. The summed E-state index contributed by atoms with van der Waals surface area (Å²) < 4.78 is 5.39. The van der Waals surface area contributed by atoms with Gasteiger partial charge in [0.15, 0.2) is 0 Å². The Labute approximate surface area is 129 Å². The molecule has 1 aromatic rings. The van der Waals surface area contributed by atoms with Crippen molar-refractivity contribution < 1.29 is 4.74 Å². The van der Waals surface area contributed by atoms with Crippen molar-refractivity contribution in [2.75, 3.05) is 6.61 Å². The van der Waals surface area contributed by atoms with Gasteiger partial charge < -0.3 is 4.74 Å². The van der Waals surface area contributed by atoms with Crippen LogP contribution in [0.25, 0.3) is 0 Å². The number of aromatic nitrogens is 2. The molecule has 0 atom stereocenters. The first-order valence-electron chi connectivity index (χ1n) is 8.72. The molecule has 0 spiro atoms. The van der Waals surface area contributed by atoms with Crippen molar-refractivity contribution >= 4 is 0 Å². The van der Waals surface area contributed by atoms with Crippen molar-refractivity contribution in [3.63, 3.8) is 0 Å². The zero-order valence-electron chi connectivity index (χ0n) is 13.7. The maximum Gasteiger partial charge on any atom is 0.131 e. The monoisotopic (exact) mass is 290 g/mol. The van der Waals surface area contributed by atoms with Gasteiger partial charge in [0, 0.05) is 30.5 Å². The molecule has 0 amide bonds. The largest absolute Gasteiger partial charge is 0.377 e. The highest BCUT2D eigenvalue weighted by Gasteiger charge is 2.23. The van der Waals surface area contributed by atoms with Gasteiger partial charge in [-0.2, -0.15) is 0 Å². The fourth-order valence-electron chi connectivity index (χ4n) is 3.26. The zero-order valence-corrected chi connectivity index (χ0v) is 13.7. The lowest BCUT2D eigenvalue weighted by Gasteiger charge is -2.27. The van der Waals surface area contributed by atoms with Crippen molar-refractivity contribution in [3.8, 4) is 0 Å². The minimum absolute atomic E-state index is 0.577. The molecule has 0 aromatic carbocycles. The lowest BCUT2D eigenvalue weighted by atomic mass is 9.79. The summed E-state index contributed by atoms with van der Waals surface area (Å²) in [5, 5.41) is 0. The lowest BCUT2D eigenvalue weighted by molar-refractivity contribution is 0.133. The van der Waals surface area contributed by atoms with Gasteiger partial charge in [-0.1, -0.05) is 32.6 Å². The van der Waals surface area contributed by atoms with Crippen LogP contribution in [0, 0.1) is 5.92 Å². The van der Waals surface area contributed by atoms with E-state index in [-0.39, 0.29) is 0 Å². The summed E-state index contributed by atoms with van der Waals surface area (Å²) in [6.07, 6.45) is 14.7. The van der Waals surface area contributed by atoms with Gasteiger partial charge >= 0.3 is 0 Å². The van der Waals surface area contributed by atoms with Gasteiger partial charge in [0.25, 0.3) is 0 Å². The van der Waals surface area contributed by atoms with E-state index >= 15 is 0 Å². The van der Waals surface area contributed by atoms with E-state index in [1.807, 2.05) is 19.3 Å². The highest BCUT2D eigenvalue weighted by Crippen LogP contribution is 2.36. The van der Waals surface area contributed by atoms with Gasteiger partial charge in [0.2, 0.25) is 0 Å². The summed E-state index contributed by atoms with van der Waals surface area (Å²) in [4.78, 5) is 9.13. The number of hydrogen-bond donors (Lipinski definition) is 0. The van der Waals surface area contributed by atoms with Crippen LogP contribution in [0.5, 0.6) is 0 Å². The first-order valence-corrected chi connectivity index (χ1v) is 8.72. The molecule has 0 saturated heterocycles. The molecule has 0 bridgehead atoms. The summed E-state index contributed by atoms with van der Waals surface area (Å²) in [7, 11) is 0. The smallest absolute Gasteiger partial charge is 0.131 e. The van der Waals surface area contributed by atoms with E-state index in [0.29, 0.717) is 12.5 Å². The number of unbranched alkanes of at least 4 members (excludes halogenated alkanes) is 2. The topological polar surface area (TPSA) is 35.0 Å². The fraction of sp³-hybridized carbons (Fsp3) is 0.778. The molecule has 1 saturated carbocycles. The number of ether oxygens (including phenoxy) is 1. The van der Waals surface area contributed by atoms with Crippen LogP contribution in [0.15, 0.2) is 12.4 Å². The van der Waals surface area contributed by atoms with E-state index < -0.39 is 0 Å². The molecule has 2 rings (SSSR count). The second-order valence-corrected chi connectivity index (χ2v) is 6.30. The quantitative estimate of drug-likeness (QED) is 0.641. The maximum atomic E-state index is 5.39. The van der Waals surface area contributed by atoms with Crippen LogP contribution in [-0.4, -0.2) is 16.6 Å². The van der Waals surface area contributed by atoms with Crippen LogP contribution in [-0.2, 0) is 11.3 Å². The minimum atomic E-state index is 0.577. The van der Waals surface area contributed by atoms with E-state index in [0.717, 1.165) is 23.9 Å². The second-order valence-electron chi connectivity index (χ2n) is 6.30. The molecule has 1 aliphatic carbocycles. The van der Waals surface area contributed by atoms with Crippen molar-refractivity contribution in [2.45, 2.75) is 77.7 Å². The molecule has 118 valence electrons. The Bertz CT molecular complexity index is 383. The second kappa shape index (κ2) is 9.14. The third-order valence-corrected chi connectivity index (χ3v) is 4.63. The maximum absolute atomic E-state index is 5.39. The standard InChI is InChI=1S/C18H30N2O/c1-3-5-6-7-15-8-10-17(11-9-15)18-19-12-16(13-20-18)14-21-4-2/h12-13,15,17H,3-11,14H2,1-2H3. The van der Waals surface area contributed by atoms with E-state index in [9.17, 15) is 0 Å². The first-order chi connectivity index (χ1) is 10.3. The van der Waals surface area contributed by atoms with Crippen LogP contribution in [0.2, 0.25) is 0 Å². The summed E-state index contributed by atoms with van der Waals surface area (Å²) in [5.41, 5.74) is 1.08. The minimum Gasteiger partial charge on any atom is -0.377 e. The molecule has 3 heteroatoms. The van der Waals surface area contributed by atoms with Gasteiger partial charge in [-0.05, 0) is 38.5 Å². The SMILES string of the molecule is CCCCCC1CCC(c2ncc(COCC)cn2)CC1. The van der Waals surface area contributed by atoms with Crippen molar-refractivity contribution in [1.82, 2.24) is 9.97 Å². The summed E-state index contributed by atoms with van der Waals surface area (Å²) >= 11 is 0. The van der Waals surface area contributed by atoms with Crippen LogP contribution < -0.4 is 0 Å². The van der Waals surface area contributed by atoms with Crippen molar-refractivity contribution in [1.29, 1.82) is 0 Å². The van der Waals surface area contributed by atoms with E-state index in [1.165, 1.54) is 51.4 Å². The molecule has 21 heavy (non-hydrogen) atoms. The van der Waals surface area contributed by atoms with Gasteiger partial charge in [0.05, 0.1) is 6.61 Å². The predicted octanol–water partition coefficient (Wildman–Crippen LogP) is 4.87. The molecular formula is C18H30N2O. The molecule has 0 N–H and O–H groups in total. The van der Waals surface area contributed by atoms with Gasteiger partial charge in [-0.15, -0.1) is 0 Å². The number of rotatable bonds is 8. The summed E-state index contributed by atoms with van der Waals surface area (Å²) in [6.45, 7) is 5.66. The molecule has 0 aliphatic heterocycles. The van der Waals surface area contributed by atoms with Crippen LogP contribution in [0.3, 0.4) is 0 Å². The molecule has 3 nitrogen and oxygen atoms in total. The first kappa shape index (κ1) is 16.4. The lowest BCUT2D eigenvalue weighted by Crippen LogP contribution is -2.15. The number of nitrogens with zero attached hydrogens (tertiary/aromatic N) is 2. The summed E-state index contributed by atoms with van der Waals surface area (Å²) in [6, 6.07) is 0. The Hall–Kier alpha value is -0.960.